The van der Waals surface area contributed by atoms with E-state index in [9.17, 15) is 0 Å². The Kier molecular flexibility index (Phi) is 4.66. The summed E-state index contributed by atoms with van der Waals surface area (Å²) in [6, 6.07) is 11.6. The minimum atomic E-state index is 0.256. The van der Waals surface area contributed by atoms with Crippen LogP contribution in [0.3, 0.4) is 0 Å². The maximum atomic E-state index is 3.44. The van der Waals surface area contributed by atoms with Gasteiger partial charge in [0, 0.05) is 4.88 Å². The molecule has 2 aromatic rings. The number of rotatable bonds is 5. The highest BCUT2D eigenvalue weighted by molar-refractivity contribution is 7.10. The average molecular weight is 287 g/mol. The molecule has 0 aliphatic carbocycles. The molecule has 0 spiro atoms. The maximum absolute atomic E-state index is 3.44. The smallest absolute Gasteiger partial charge is 0.0671 e. The third-order valence-electron chi connectivity index (χ3n) is 4.36. The first kappa shape index (κ1) is 15.3. The molecule has 1 nitrogen and oxygen atoms in total. The van der Waals surface area contributed by atoms with E-state index in [2.05, 4.69) is 68.7 Å². The van der Waals surface area contributed by atoms with Gasteiger partial charge in [-0.3, -0.25) is 0 Å². The monoisotopic (exact) mass is 287 g/mol. The van der Waals surface area contributed by atoms with Gasteiger partial charge in [-0.15, -0.1) is 11.3 Å². The van der Waals surface area contributed by atoms with Crippen molar-refractivity contribution in [1.29, 1.82) is 0 Å². The maximum Gasteiger partial charge on any atom is 0.0671 e. The first-order chi connectivity index (χ1) is 9.49. The van der Waals surface area contributed by atoms with Gasteiger partial charge in [-0.1, -0.05) is 45.0 Å². The molecule has 0 radical (unpaired) electrons. The Balaban J connectivity index is 2.31. The molecule has 0 amide bonds. The minimum absolute atomic E-state index is 0.256. The van der Waals surface area contributed by atoms with Crippen LogP contribution in [-0.4, -0.2) is 7.05 Å². The summed E-state index contributed by atoms with van der Waals surface area (Å²) in [5, 5.41) is 5.61. The fourth-order valence-corrected chi connectivity index (χ4v) is 3.52. The van der Waals surface area contributed by atoms with Crippen molar-refractivity contribution < 1.29 is 0 Å². The topological polar surface area (TPSA) is 12.0 Å². The lowest BCUT2D eigenvalue weighted by Crippen LogP contribution is -2.19. The van der Waals surface area contributed by atoms with Crippen LogP contribution >= 0.6 is 11.3 Å². The van der Waals surface area contributed by atoms with E-state index in [4.69, 9.17) is 0 Å². The van der Waals surface area contributed by atoms with Crippen molar-refractivity contribution in [3.63, 3.8) is 0 Å². The molecule has 0 saturated heterocycles. The van der Waals surface area contributed by atoms with Crippen LogP contribution in [0, 0.1) is 6.92 Å². The van der Waals surface area contributed by atoms with E-state index < -0.39 is 0 Å². The van der Waals surface area contributed by atoms with Crippen LogP contribution in [0.25, 0.3) is 0 Å². The number of thiophene rings is 1. The molecule has 1 heterocycles. The van der Waals surface area contributed by atoms with Gasteiger partial charge in [0.2, 0.25) is 0 Å². The Morgan fingerprint density at radius 3 is 2.25 bits per heavy atom. The molecule has 20 heavy (non-hydrogen) atoms. The zero-order valence-electron chi connectivity index (χ0n) is 13.2. The molecule has 0 aliphatic heterocycles. The van der Waals surface area contributed by atoms with Crippen molar-refractivity contribution in [3.8, 4) is 0 Å². The third-order valence-corrected chi connectivity index (χ3v) is 5.45. The van der Waals surface area contributed by atoms with Crippen molar-refractivity contribution in [2.45, 2.75) is 45.6 Å². The van der Waals surface area contributed by atoms with Crippen molar-refractivity contribution in [2.24, 2.45) is 0 Å². The van der Waals surface area contributed by atoms with Crippen LogP contribution in [0.4, 0.5) is 0 Å². The minimum Gasteiger partial charge on any atom is -0.309 e. The quantitative estimate of drug-likeness (QED) is 0.811. The lowest BCUT2D eigenvalue weighted by Gasteiger charge is -2.24. The molecule has 1 aromatic heterocycles. The van der Waals surface area contributed by atoms with Gasteiger partial charge in [0.1, 0.15) is 0 Å². The van der Waals surface area contributed by atoms with Gasteiger partial charge in [-0.2, -0.15) is 0 Å². The van der Waals surface area contributed by atoms with Crippen molar-refractivity contribution >= 4 is 11.3 Å². The largest absolute Gasteiger partial charge is 0.309 e. The second-order valence-electron chi connectivity index (χ2n) is 6.05. The summed E-state index contributed by atoms with van der Waals surface area (Å²) in [4.78, 5) is 1.41. The number of aryl methyl sites for hydroxylation is 1. The standard InChI is InChI=1S/C18H25NS/c1-6-18(3,4)15-9-7-14(8-10-15)16(19-5)17-13(2)11-12-20-17/h7-12,16,19H,6H2,1-5H3. The fourth-order valence-electron chi connectivity index (χ4n) is 2.46. The Labute approximate surface area is 127 Å². The average Bonchev–Trinajstić information content (AvgIpc) is 2.87. The normalized spacial score (nSPS) is 13.4. The summed E-state index contributed by atoms with van der Waals surface area (Å²) in [5.74, 6) is 0. The highest BCUT2D eigenvalue weighted by Gasteiger charge is 2.19. The van der Waals surface area contributed by atoms with E-state index in [-0.39, 0.29) is 5.41 Å². The third kappa shape index (κ3) is 2.97. The van der Waals surface area contributed by atoms with E-state index >= 15 is 0 Å². The molecule has 2 heteroatoms. The van der Waals surface area contributed by atoms with E-state index in [1.165, 1.54) is 21.6 Å². The molecule has 0 bridgehead atoms. The molecule has 0 saturated carbocycles. The highest BCUT2D eigenvalue weighted by atomic mass is 32.1. The molecule has 0 aliphatic rings. The van der Waals surface area contributed by atoms with Gasteiger partial charge in [0.15, 0.2) is 0 Å². The Bertz CT molecular complexity index is 551. The molecule has 1 unspecified atom stereocenters. The fraction of sp³-hybridized carbons (Fsp3) is 0.444. The van der Waals surface area contributed by atoms with Crippen molar-refractivity contribution in [2.75, 3.05) is 7.05 Å². The summed E-state index contributed by atoms with van der Waals surface area (Å²) >= 11 is 1.83. The van der Waals surface area contributed by atoms with Crippen molar-refractivity contribution in [1.82, 2.24) is 5.32 Å². The predicted octanol–water partition coefficient (Wildman–Crippen LogP) is 5.05. The van der Waals surface area contributed by atoms with Gasteiger partial charge in [0.25, 0.3) is 0 Å². The summed E-state index contributed by atoms with van der Waals surface area (Å²) in [6.07, 6.45) is 1.16. The van der Waals surface area contributed by atoms with E-state index in [1.54, 1.807) is 0 Å². The van der Waals surface area contributed by atoms with Gasteiger partial charge >= 0.3 is 0 Å². The number of benzene rings is 1. The molecule has 1 N–H and O–H groups in total. The van der Waals surface area contributed by atoms with Gasteiger partial charge < -0.3 is 5.32 Å². The molecule has 2 rings (SSSR count). The van der Waals surface area contributed by atoms with Crippen LogP contribution in [0.2, 0.25) is 0 Å². The number of nitrogens with one attached hydrogen (secondary N) is 1. The van der Waals surface area contributed by atoms with E-state index in [1.807, 2.05) is 18.4 Å². The highest BCUT2D eigenvalue weighted by Crippen LogP contribution is 2.32. The van der Waals surface area contributed by atoms with Gasteiger partial charge in [-0.25, -0.2) is 0 Å². The van der Waals surface area contributed by atoms with Gasteiger partial charge in [0.05, 0.1) is 6.04 Å². The lowest BCUT2D eigenvalue weighted by molar-refractivity contribution is 0.506. The zero-order chi connectivity index (χ0) is 14.8. The lowest BCUT2D eigenvalue weighted by atomic mass is 9.81. The van der Waals surface area contributed by atoms with Crippen LogP contribution in [0.1, 0.15) is 54.8 Å². The number of hydrogen-bond acceptors (Lipinski definition) is 2. The van der Waals surface area contributed by atoms with Crippen molar-refractivity contribution in [3.05, 3.63) is 57.3 Å². The SMILES string of the molecule is CCC(C)(C)c1ccc(C(NC)c2sccc2C)cc1. The summed E-state index contributed by atoms with van der Waals surface area (Å²) in [6.45, 7) is 9.05. The van der Waals surface area contributed by atoms with Crippen LogP contribution in [0.15, 0.2) is 35.7 Å². The Hall–Kier alpha value is -1.12. The first-order valence-electron chi connectivity index (χ1n) is 7.31. The van der Waals surface area contributed by atoms with E-state index in [0.717, 1.165) is 6.42 Å². The Morgan fingerprint density at radius 1 is 1.15 bits per heavy atom. The zero-order valence-corrected chi connectivity index (χ0v) is 14.0. The molecular formula is C18H25NS. The second kappa shape index (κ2) is 6.11. The summed E-state index contributed by atoms with van der Waals surface area (Å²) in [7, 11) is 2.04. The summed E-state index contributed by atoms with van der Waals surface area (Å²) < 4.78 is 0. The van der Waals surface area contributed by atoms with Crippen LogP contribution in [0.5, 0.6) is 0 Å². The predicted molar refractivity (Wildman–Crippen MR) is 89.7 cm³/mol. The van der Waals surface area contributed by atoms with Crippen LogP contribution < -0.4 is 5.32 Å². The first-order valence-corrected chi connectivity index (χ1v) is 8.19. The van der Waals surface area contributed by atoms with E-state index in [0.29, 0.717) is 6.04 Å². The van der Waals surface area contributed by atoms with Crippen LogP contribution in [-0.2, 0) is 5.41 Å². The molecule has 1 aromatic carbocycles. The molecular weight excluding hydrogens is 262 g/mol. The molecule has 108 valence electrons. The summed E-state index contributed by atoms with van der Waals surface area (Å²) in [5.41, 5.74) is 4.38. The number of hydrogen-bond donors (Lipinski definition) is 1. The second-order valence-corrected chi connectivity index (χ2v) is 7.00. The molecule has 1 atom stereocenters. The van der Waals surface area contributed by atoms with Gasteiger partial charge in [-0.05, 0) is 53.9 Å². The molecule has 0 fully saturated rings. The Morgan fingerprint density at radius 2 is 1.80 bits per heavy atom.